The Bertz CT molecular complexity index is 918. The molecule has 2 aliphatic rings. The lowest BCUT2D eigenvalue weighted by Gasteiger charge is -2.33. The molecule has 6 nitrogen and oxygen atoms in total. The zero-order chi connectivity index (χ0) is 24.1. The van der Waals surface area contributed by atoms with E-state index in [0.717, 1.165) is 45.4 Å². The zero-order valence-corrected chi connectivity index (χ0v) is 21.1. The summed E-state index contributed by atoms with van der Waals surface area (Å²) in [6.45, 7) is 10.5. The molecule has 1 aliphatic carbocycles. The Balaban J connectivity index is 1.26. The largest absolute Gasteiger partial charge is 0.480 e. The summed E-state index contributed by atoms with van der Waals surface area (Å²) in [4.78, 5) is 14.2. The van der Waals surface area contributed by atoms with Gasteiger partial charge >= 0.3 is 5.97 Å². The second kappa shape index (κ2) is 11.5. The SMILES string of the molecule is CCn1nc(Cc2ccccc2)cc1C1CCN(C[C@@H]2CCC(NC(C(=O)O)C(C)C)C2)CC1. The maximum Gasteiger partial charge on any atom is 0.320 e. The highest BCUT2D eigenvalue weighted by molar-refractivity contribution is 5.73. The molecule has 1 aromatic heterocycles. The molecule has 1 aromatic carbocycles. The molecule has 2 aromatic rings. The van der Waals surface area contributed by atoms with Gasteiger partial charge in [0, 0.05) is 37.2 Å². The van der Waals surface area contributed by atoms with Crippen molar-refractivity contribution in [2.75, 3.05) is 19.6 Å². The van der Waals surface area contributed by atoms with Gasteiger partial charge in [-0.15, -0.1) is 0 Å². The third kappa shape index (κ3) is 6.28. The number of likely N-dealkylation sites (tertiary alicyclic amines) is 1. The van der Waals surface area contributed by atoms with Gasteiger partial charge in [-0.3, -0.25) is 9.48 Å². The first kappa shape index (κ1) is 24.9. The lowest BCUT2D eigenvalue weighted by atomic mass is 9.92. The lowest BCUT2D eigenvalue weighted by Crippen LogP contribution is -2.45. The highest BCUT2D eigenvalue weighted by Crippen LogP contribution is 2.32. The highest BCUT2D eigenvalue weighted by Gasteiger charge is 2.32. The van der Waals surface area contributed by atoms with Gasteiger partial charge in [0.2, 0.25) is 0 Å². The van der Waals surface area contributed by atoms with Crippen molar-refractivity contribution in [3.05, 3.63) is 53.3 Å². The molecule has 1 aliphatic heterocycles. The molecule has 0 spiro atoms. The number of piperidine rings is 1. The minimum Gasteiger partial charge on any atom is -0.480 e. The van der Waals surface area contributed by atoms with Crippen molar-refractivity contribution in [1.82, 2.24) is 20.0 Å². The Morgan fingerprint density at radius 1 is 1.15 bits per heavy atom. The molecule has 1 saturated carbocycles. The number of hydrogen-bond donors (Lipinski definition) is 2. The topological polar surface area (TPSA) is 70.4 Å². The summed E-state index contributed by atoms with van der Waals surface area (Å²) in [6, 6.07) is 12.9. The van der Waals surface area contributed by atoms with E-state index in [1.807, 2.05) is 13.8 Å². The summed E-state index contributed by atoms with van der Waals surface area (Å²) in [7, 11) is 0. The van der Waals surface area contributed by atoms with E-state index in [4.69, 9.17) is 5.10 Å². The van der Waals surface area contributed by atoms with E-state index >= 15 is 0 Å². The summed E-state index contributed by atoms with van der Waals surface area (Å²) in [5, 5.41) is 17.8. The molecular weight excluding hydrogens is 424 g/mol. The van der Waals surface area contributed by atoms with E-state index < -0.39 is 12.0 Å². The van der Waals surface area contributed by atoms with Crippen molar-refractivity contribution in [3.8, 4) is 0 Å². The number of carboxylic acid groups (broad SMARTS) is 1. The number of nitrogens with one attached hydrogen (secondary N) is 1. The molecule has 2 fully saturated rings. The molecule has 186 valence electrons. The van der Waals surface area contributed by atoms with E-state index in [9.17, 15) is 9.90 Å². The summed E-state index contributed by atoms with van der Waals surface area (Å²) in [5.41, 5.74) is 3.90. The van der Waals surface area contributed by atoms with Crippen LogP contribution in [0.5, 0.6) is 0 Å². The van der Waals surface area contributed by atoms with Crippen LogP contribution in [0.4, 0.5) is 0 Å². The van der Waals surface area contributed by atoms with Gasteiger partial charge in [0.05, 0.1) is 5.69 Å². The maximum absolute atomic E-state index is 11.5. The van der Waals surface area contributed by atoms with Crippen LogP contribution in [0.25, 0.3) is 0 Å². The highest BCUT2D eigenvalue weighted by atomic mass is 16.4. The second-order valence-corrected chi connectivity index (χ2v) is 10.7. The number of benzene rings is 1. The van der Waals surface area contributed by atoms with Gasteiger partial charge in [0.15, 0.2) is 0 Å². The minimum absolute atomic E-state index is 0.111. The molecule has 2 N–H and O–H groups in total. The zero-order valence-electron chi connectivity index (χ0n) is 21.1. The molecule has 0 bridgehead atoms. The van der Waals surface area contributed by atoms with Crippen LogP contribution in [-0.2, 0) is 17.8 Å². The predicted molar refractivity (Wildman–Crippen MR) is 136 cm³/mol. The van der Waals surface area contributed by atoms with Crippen molar-refractivity contribution >= 4 is 5.97 Å². The Kier molecular flexibility index (Phi) is 8.43. The number of aromatic nitrogens is 2. The molecule has 2 unspecified atom stereocenters. The van der Waals surface area contributed by atoms with Crippen LogP contribution in [0.2, 0.25) is 0 Å². The third-order valence-electron chi connectivity index (χ3n) is 7.80. The van der Waals surface area contributed by atoms with Gasteiger partial charge in [-0.2, -0.15) is 5.10 Å². The van der Waals surface area contributed by atoms with Gasteiger partial charge in [0.1, 0.15) is 6.04 Å². The number of aryl methyl sites for hydroxylation is 1. The minimum atomic E-state index is -0.723. The fourth-order valence-electron chi connectivity index (χ4n) is 5.93. The molecule has 6 heteroatoms. The molecule has 4 rings (SSSR count). The molecule has 0 radical (unpaired) electrons. The van der Waals surface area contributed by atoms with Crippen LogP contribution in [0.15, 0.2) is 36.4 Å². The van der Waals surface area contributed by atoms with Gasteiger partial charge in [-0.1, -0.05) is 44.2 Å². The van der Waals surface area contributed by atoms with Crippen LogP contribution in [0.1, 0.15) is 75.7 Å². The lowest BCUT2D eigenvalue weighted by molar-refractivity contribution is -0.140. The number of carboxylic acids is 1. The first-order chi connectivity index (χ1) is 16.4. The summed E-state index contributed by atoms with van der Waals surface area (Å²) in [6.07, 6.45) is 6.68. The van der Waals surface area contributed by atoms with Gasteiger partial charge < -0.3 is 15.3 Å². The molecule has 3 atom stereocenters. The fourth-order valence-corrected chi connectivity index (χ4v) is 5.93. The van der Waals surface area contributed by atoms with Gasteiger partial charge in [-0.05, 0) is 75.6 Å². The van der Waals surface area contributed by atoms with Crippen LogP contribution < -0.4 is 5.32 Å². The normalized spacial score (nSPS) is 22.9. The van der Waals surface area contributed by atoms with E-state index in [1.54, 1.807) is 0 Å². The Morgan fingerprint density at radius 2 is 1.88 bits per heavy atom. The molecular formula is C28H42N4O2. The number of rotatable bonds is 10. The predicted octanol–water partition coefficient (Wildman–Crippen LogP) is 4.54. The maximum atomic E-state index is 11.5. The number of carbonyl (C=O) groups is 1. The smallest absolute Gasteiger partial charge is 0.320 e. The third-order valence-corrected chi connectivity index (χ3v) is 7.80. The molecule has 34 heavy (non-hydrogen) atoms. The molecule has 2 heterocycles. The van der Waals surface area contributed by atoms with Gasteiger partial charge in [0.25, 0.3) is 0 Å². The van der Waals surface area contributed by atoms with E-state index in [-0.39, 0.29) is 5.92 Å². The quantitative estimate of drug-likeness (QED) is 0.538. The van der Waals surface area contributed by atoms with E-state index in [1.165, 1.54) is 36.2 Å². The Hall–Kier alpha value is -2.18. The van der Waals surface area contributed by atoms with Crippen molar-refractivity contribution < 1.29 is 9.90 Å². The molecule has 1 saturated heterocycles. The van der Waals surface area contributed by atoms with Crippen molar-refractivity contribution in [2.24, 2.45) is 11.8 Å². The fraction of sp³-hybridized carbons (Fsp3) is 0.643. The van der Waals surface area contributed by atoms with Crippen LogP contribution >= 0.6 is 0 Å². The van der Waals surface area contributed by atoms with Crippen LogP contribution in [0, 0.1) is 11.8 Å². The number of nitrogens with zero attached hydrogens (tertiary/aromatic N) is 3. The average Bonchev–Trinajstić information content (AvgIpc) is 3.44. The van der Waals surface area contributed by atoms with Crippen molar-refractivity contribution in [3.63, 3.8) is 0 Å². The first-order valence-corrected chi connectivity index (χ1v) is 13.2. The summed E-state index contributed by atoms with van der Waals surface area (Å²) < 4.78 is 2.22. The van der Waals surface area contributed by atoms with Crippen LogP contribution in [-0.4, -0.2) is 57.5 Å². The average molecular weight is 467 g/mol. The standard InChI is InChI=1S/C28H42N4O2/c1-4-32-26(18-25(30-32)16-21-8-6-5-7-9-21)23-12-14-31(15-13-23)19-22-10-11-24(17-22)29-27(20(2)3)28(33)34/h5-9,18,20,22-24,27,29H,4,10-17,19H2,1-3H3,(H,33,34)/t22-,24?,27?/m1/s1. The van der Waals surface area contributed by atoms with Crippen molar-refractivity contribution in [1.29, 1.82) is 0 Å². The van der Waals surface area contributed by atoms with E-state index in [0.29, 0.717) is 17.9 Å². The Morgan fingerprint density at radius 3 is 2.53 bits per heavy atom. The summed E-state index contributed by atoms with van der Waals surface area (Å²) >= 11 is 0. The summed E-state index contributed by atoms with van der Waals surface area (Å²) in [5.74, 6) is 0.655. The Labute approximate surface area is 204 Å². The van der Waals surface area contributed by atoms with Gasteiger partial charge in [-0.25, -0.2) is 0 Å². The number of aliphatic carboxylic acids is 1. The van der Waals surface area contributed by atoms with Crippen LogP contribution in [0.3, 0.4) is 0 Å². The monoisotopic (exact) mass is 466 g/mol. The second-order valence-electron chi connectivity index (χ2n) is 10.7. The van der Waals surface area contributed by atoms with E-state index in [2.05, 4.69) is 58.2 Å². The van der Waals surface area contributed by atoms with Crippen molar-refractivity contribution in [2.45, 2.75) is 83.8 Å². The number of hydrogen-bond acceptors (Lipinski definition) is 4. The first-order valence-electron chi connectivity index (χ1n) is 13.2. The molecule has 0 amide bonds.